The van der Waals surface area contributed by atoms with Crippen LogP contribution in [-0.2, 0) is 0 Å². The molecule has 0 unspecified atom stereocenters. The van der Waals surface area contributed by atoms with Crippen LogP contribution in [0.4, 0.5) is 4.79 Å². The number of hydrogen-bond donors (Lipinski definition) is 1. The van der Waals surface area contributed by atoms with Gasteiger partial charge < -0.3 is 15.1 Å². The molecule has 0 aliphatic carbocycles. The van der Waals surface area contributed by atoms with Crippen molar-refractivity contribution in [3.05, 3.63) is 0 Å². The summed E-state index contributed by atoms with van der Waals surface area (Å²) in [5, 5.41) is 2.87. The van der Waals surface area contributed by atoms with Crippen molar-refractivity contribution in [2.45, 2.75) is 19.8 Å². The molecule has 1 N–H and O–H groups in total. The van der Waals surface area contributed by atoms with Crippen molar-refractivity contribution in [2.75, 3.05) is 40.8 Å². The first-order valence-corrected chi connectivity index (χ1v) is 5.21. The molecule has 84 valence electrons. The van der Waals surface area contributed by atoms with Gasteiger partial charge >= 0.3 is 6.03 Å². The Morgan fingerprint density at radius 2 is 1.86 bits per heavy atom. The fourth-order valence-corrected chi connectivity index (χ4v) is 1.02. The Hall–Kier alpha value is -0.770. The van der Waals surface area contributed by atoms with Crippen molar-refractivity contribution in [3.63, 3.8) is 0 Å². The summed E-state index contributed by atoms with van der Waals surface area (Å²) in [4.78, 5) is 15.2. The number of nitrogens with zero attached hydrogens (tertiary/aromatic N) is 2. The van der Waals surface area contributed by atoms with Crippen molar-refractivity contribution in [1.82, 2.24) is 15.1 Å². The maximum Gasteiger partial charge on any atom is 0.317 e. The lowest BCUT2D eigenvalue weighted by atomic mass is 10.3. The van der Waals surface area contributed by atoms with Crippen LogP contribution in [0.1, 0.15) is 19.8 Å². The van der Waals surface area contributed by atoms with E-state index < -0.39 is 0 Å². The Morgan fingerprint density at radius 1 is 1.21 bits per heavy atom. The Morgan fingerprint density at radius 3 is 2.36 bits per heavy atom. The molecule has 0 atom stereocenters. The molecule has 14 heavy (non-hydrogen) atoms. The van der Waals surface area contributed by atoms with Crippen molar-refractivity contribution in [1.29, 1.82) is 0 Å². The molecule has 0 saturated carbocycles. The SMILES string of the molecule is CCCCN(C)C(=O)NCCN(C)C. The van der Waals surface area contributed by atoms with Crippen LogP contribution < -0.4 is 5.32 Å². The van der Waals surface area contributed by atoms with Crippen LogP contribution in [0.25, 0.3) is 0 Å². The molecule has 0 heterocycles. The molecule has 0 aromatic carbocycles. The molecule has 0 aromatic rings. The average molecular weight is 201 g/mol. The maximum absolute atomic E-state index is 11.4. The second-order valence-electron chi connectivity index (χ2n) is 3.81. The van der Waals surface area contributed by atoms with Crippen LogP contribution in [0.15, 0.2) is 0 Å². The fourth-order valence-electron chi connectivity index (χ4n) is 1.02. The van der Waals surface area contributed by atoms with E-state index in [1.807, 2.05) is 26.0 Å². The summed E-state index contributed by atoms with van der Waals surface area (Å²) in [5.41, 5.74) is 0. The van der Waals surface area contributed by atoms with Gasteiger partial charge in [-0.25, -0.2) is 4.79 Å². The predicted molar refractivity (Wildman–Crippen MR) is 59.5 cm³/mol. The maximum atomic E-state index is 11.4. The van der Waals surface area contributed by atoms with Gasteiger partial charge in [0.05, 0.1) is 0 Å². The Bertz CT molecular complexity index is 159. The molecule has 2 amide bonds. The molecule has 0 saturated heterocycles. The molecule has 4 nitrogen and oxygen atoms in total. The van der Waals surface area contributed by atoms with Crippen LogP contribution in [0, 0.1) is 0 Å². The first kappa shape index (κ1) is 13.2. The van der Waals surface area contributed by atoms with E-state index in [0.717, 1.165) is 25.9 Å². The average Bonchev–Trinajstić information content (AvgIpc) is 2.13. The van der Waals surface area contributed by atoms with Gasteiger partial charge in [-0.2, -0.15) is 0 Å². The molecule has 0 bridgehead atoms. The third-order valence-corrected chi connectivity index (χ3v) is 2.03. The van der Waals surface area contributed by atoms with Crippen molar-refractivity contribution in [2.24, 2.45) is 0 Å². The first-order chi connectivity index (χ1) is 6.57. The lowest BCUT2D eigenvalue weighted by molar-refractivity contribution is 0.207. The van der Waals surface area contributed by atoms with Gasteiger partial charge in [-0.05, 0) is 20.5 Å². The second-order valence-corrected chi connectivity index (χ2v) is 3.81. The number of carbonyl (C=O) groups excluding carboxylic acids is 1. The van der Waals surface area contributed by atoms with E-state index in [4.69, 9.17) is 0 Å². The minimum atomic E-state index is 0.0281. The number of likely N-dealkylation sites (N-methyl/N-ethyl adjacent to an activating group) is 1. The monoisotopic (exact) mass is 201 g/mol. The summed E-state index contributed by atoms with van der Waals surface area (Å²) in [6.07, 6.45) is 2.19. The summed E-state index contributed by atoms with van der Waals surface area (Å²) in [6.45, 7) is 4.55. The van der Waals surface area contributed by atoms with E-state index in [1.54, 1.807) is 4.90 Å². The number of rotatable bonds is 6. The molecule has 0 aliphatic heterocycles. The number of urea groups is 1. The standard InChI is InChI=1S/C10H23N3O/c1-5-6-8-13(4)10(14)11-7-9-12(2)3/h5-9H2,1-4H3,(H,11,14). The quantitative estimate of drug-likeness (QED) is 0.695. The summed E-state index contributed by atoms with van der Waals surface area (Å²) < 4.78 is 0. The largest absolute Gasteiger partial charge is 0.337 e. The van der Waals surface area contributed by atoms with E-state index in [9.17, 15) is 4.79 Å². The van der Waals surface area contributed by atoms with Gasteiger partial charge in [0.25, 0.3) is 0 Å². The third-order valence-electron chi connectivity index (χ3n) is 2.03. The number of unbranched alkanes of at least 4 members (excludes halogenated alkanes) is 1. The molecular formula is C10H23N3O. The first-order valence-electron chi connectivity index (χ1n) is 5.21. The minimum Gasteiger partial charge on any atom is -0.337 e. The number of amides is 2. The predicted octanol–water partition coefficient (Wildman–Crippen LogP) is 0.990. The van der Waals surface area contributed by atoms with E-state index in [-0.39, 0.29) is 6.03 Å². The highest BCUT2D eigenvalue weighted by Gasteiger charge is 2.05. The zero-order chi connectivity index (χ0) is 11.0. The Labute approximate surface area is 87.3 Å². The molecule has 0 radical (unpaired) electrons. The van der Waals surface area contributed by atoms with Crippen LogP contribution in [0.3, 0.4) is 0 Å². The zero-order valence-electron chi connectivity index (χ0n) is 9.84. The van der Waals surface area contributed by atoms with Gasteiger partial charge in [0.15, 0.2) is 0 Å². The van der Waals surface area contributed by atoms with Gasteiger partial charge in [0.1, 0.15) is 0 Å². The van der Waals surface area contributed by atoms with Crippen LogP contribution in [0.2, 0.25) is 0 Å². The Balaban J connectivity index is 3.52. The van der Waals surface area contributed by atoms with Gasteiger partial charge in [0.2, 0.25) is 0 Å². The molecule has 4 heteroatoms. The van der Waals surface area contributed by atoms with E-state index in [2.05, 4.69) is 12.2 Å². The molecule has 0 aliphatic rings. The summed E-state index contributed by atoms with van der Waals surface area (Å²) in [5.74, 6) is 0. The van der Waals surface area contributed by atoms with E-state index in [1.165, 1.54) is 0 Å². The number of carbonyl (C=O) groups is 1. The lowest BCUT2D eigenvalue weighted by Crippen LogP contribution is -2.40. The lowest BCUT2D eigenvalue weighted by Gasteiger charge is -2.18. The second kappa shape index (κ2) is 7.62. The topological polar surface area (TPSA) is 35.6 Å². The third kappa shape index (κ3) is 6.71. The van der Waals surface area contributed by atoms with Crippen molar-refractivity contribution >= 4 is 6.03 Å². The fraction of sp³-hybridized carbons (Fsp3) is 0.900. The Kier molecular flexibility index (Phi) is 7.20. The smallest absolute Gasteiger partial charge is 0.317 e. The summed E-state index contributed by atoms with van der Waals surface area (Å²) >= 11 is 0. The molecule has 0 rings (SSSR count). The highest BCUT2D eigenvalue weighted by Crippen LogP contribution is 1.91. The molecule has 0 fully saturated rings. The summed E-state index contributed by atoms with van der Waals surface area (Å²) in [7, 11) is 5.82. The van der Waals surface area contributed by atoms with Gasteiger partial charge in [0, 0.05) is 26.7 Å². The number of nitrogens with one attached hydrogen (secondary N) is 1. The van der Waals surface area contributed by atoms with Gasteiger partial charge in [-0.1, -0.05) is 13.3 Å². The van der Waals surface area contributed by atoms with Crippen molar-refractivity contribution in [3.8, 4) is 0 Å². The zero-order valence-corrected chi connectivity index (χ0v) is 9.84. The molecule has 0 spiro atoms. The van der Waals surface area contributed by atoms with Crippen molar-refractivity contribution < 1.29 is 4.79 Å². The molecular weight excluding hydrogens is 178 g/mol. The van der Waals surface area contributed by atoms with E-state index in [0.29, 0.717) is 6.54 Å². The highest BCUT2D eigenvalue weighted by atomic mass is 16.2. The van der Waals surface area contributed by atoms with E-state index >= 15 is 0 Å². The summed E-state index contributed by atoms with van der Waals surface area (Å²) in [6, 6.07) is 0.0281. The van der Waals surface area contributed by atoms with Crippen LogP contribution >= 0.6 is 0 Å². The normalized spacial score (nSPS) is 10.4. The highest BCUT2D eigenvalue weighted by molar-refractivity contribution is 5.73. The number of hydrogen-bond acceptors (Lipinski definition) is 2. The molecule has 0 aromatic heterocycles. The minimum absolute atomic E-state index is 0.0281. The van der Waals surface area contributed by atoms with Crippen LogP contribution in [0.5, 0.6) is 0 Å². The van der Waals surface area contributed by atoms with Gasteiger partial charge in [-0.3, -0.25) is 0 Å². The van der Waals surface area contributed by atoms with Gasteiger partial charge in [-0.15, -0.1) is 0 Å². The van der Waals surface area contributed by atoms with Crippen LogP contribution in [-0.4, -0.2) is 56.6 Å².